The zero-order valence-electron chi connectivity index (χ0n) is 5.91. The number of nitrogens with zero attached hydrogens (tertiary/aromatic N) is 2. The molecule has 2 rings (SSSR count). The molecule has 0 spiro atoms. The third kappa shape index (κ3) is 0.952. The van der Waals surface area contributed by atoms with E-state index in [-0.39, 0.29) is 0 Å². The molecule has 0 saturated heterocycles. The van der Waals surface area contributed by atoms with Crippen molar-refractivity contribution < 1.29 is 4.39 Å². The lowest BCUT2D eigenvalue weighted by atomic mass is 10.2. The van der Waals surface area contributed by atoms with Crippen LogP contribution in [0, 0.1) is 5.82 Å². The summed E-state index contributed by atoms with van der Waals surface area (Å²) in [6.07, 6.45) is 0. The van der Waals surface area contributed by atoms with Crippen molar-refractivity contribution in [3.63, 3.8) is 0 Å². The summed E-state index contributed by atoms with van der Waals surface area (Å²) in [5, 5.41) is 9.32. The summed E-state index contributed by atoms with van der Waals surface area (Å²) in [6, 6.07) is 3.78. The minimum atomic E-state index is -0.455. The van der Waals surface area contributed by atoms with Crippen molar-refractivity contribution in [2.24, 2.45) is 0 Å². The summed E-state index contributed by atoms with van der Waals surface area (Å²) < 4.78 is 12.6. The van der Waals surface area contributed by atoms with Gasteiger partial charge in [-0.05, 0) is 18.2 Å². The molecular formula is C7H4FN3O. The van der Waals surface area contributed by atoms with Crippen LogP contribution in [0.4, 0.5) is 4.39 Å². The highest BCUT2D eigenvalue weighted by atomic mass is 19.1. The van der Waals surface area contributed by atoms with Gasteiger partial charge in [0.1, 0.15) is 5.82 Å². The van der Waals surface area contributed by atoms with Crippen LogP contribution < -0.4 is 5.56 Å². The lowest BCUT2D eigenvalue weighted by Crippen LogP contribution is -2.09. The number of halogens is 1. The Hall–Kier alpha value is -1.78. The molecule has 0 aliphatic heterocycles. The molecule has 1 aromatic carbocycles. The van der Waals surface area contributed by atoms with Crippen molar-refractivity contribution in [1.82, 2.24) is 15.4 Å². The molecule has 0 radical (unpaired) electrons. The Bertz CT molecular complexity index is 479. The van der Waals surface area contributed by atoms with Gasteiger partial charge in [-0.1, -0.05) is 10.3 Å². The van der Waals surface area contributed by atoms with E-state index in [1.807, 2.05) is 0 Å². The molecule has 0 aliphatic rings. The molecule has 1 aromatic heterocycles. The maximum absolute atomic E-state index is 12.6. The summed E-state index contributed by atoms with van der Waals surface area (Å²) in [7, 11) is 0. The first-order chi connectivity index (χ1) is 5.77. The van der Waals surface area contributed by atoms with Crippen LogP contribution in [0.2, 0.25) is 0 Å². The maximum Gasteiger partial charge on any atom is 0.299 e. The highest BCUT2D eigenvalue weighted by Gasteiger charge is 1.99. The van der Waals surface area contributed by atoms with Crippen LogP contribution in [-0.2, 0) is 0 Å². The van der Waals surface area contributed by atoms with Gasteiger partial charge in [-0.15, -0.1) is 0 Å². The highest BCUT2D eigenvalue weighted by molar-refractivity contribution is 5.76. The number of fused-ring (bicyclic) bond motifs is 1. The van der Waals surface area contributed by atoms with Crippen LogP contribution in [0.15, 0.2) is 23.0 Å². The number of H-pyrrole nitrogens is 1. The average molecular weight is 165 g/mol. The van der Waals surface area contributed by atoms with E-state index in [4.69, 9.17) is 0 Å². The number of aromatic nitrogens is 3. The maximum atomic E-state index is 12.6. The average Bonchev–Trinajstić information content (AvgIpc) is 2.04. The lowest BCUT2D eigenvalue weighted by molar-refractivity contribution is 0.629. The van der Waals surface area contributed by atoms with E-state index in [0.717, 1.165) is 0 Å². The van der Waals surface area contributed by atoms with E-state index in [1.165, 1.54) is 18.2 Å². The van der Waals surface area contributed by atoms with Gasteiger partial charge in [-0.3, -0.25) is 9.89 Å². The topological polar surface area (TPSA) is 58.6 Å². The molecular weight excluding hydrogens is 161 g/mol. The van der Waals surface area contributed by atoms with Gasteiger partial charge in [-0.25, -0.2) is 4.39 Å². The van der Waals surface area contributed by atoms with Crippen molar-refractivity contribution in [3.8, 4) is 0 Å². The van der Waals surface area contributed by atoms with Crippen molar-refractivity contribution in [3.05, 3.63) is 34.4 Å². The molecule has 1 N–H and O–H groups in total. The van der Waals surface area contributed by atoms with E-state index in [0.29, 0.717) is 10.9 Å². The Morgan fingerprint density at radius 3 is 3.08 bits per heavy atom. The lowest BCUT2D eigenvalue weighted by Gasteiger charge is -1.93. The largest absolute Gasteiger partial charge is 0.299 e. The number of aromatic amines is 1. The SMILES string of the molecule is O=c1nn[nH]c2cc(F)ccc12. The molecule has 0 aliphatic carbocycles. The number of benzene rings is 1. The van der Waals surface area contributed by atoms with Gasteiger partial charge in [0.05, 0.1) is 10.9 Å². The molecule has 4 nitrogen and oxygen atoms in total. The van der Waals surface area contributed by atoms with Crippen LogP contribution >= 0.6 is 0 Å². The first-order valence-corrected chi connectivity index (χ1v) is 3.28. The van der Waals surface area contributed by atoms with Crippen molar-refractivity contribution >= 4 is 10.9 Å². The molecule has 1 heterocycles. The second-order valence-corrected chi connectivity index (χ2v) is 2.31. The van der Waals surface area contributed by atoms with Gasteiger partial charge < -0.3 is 0 Å². The smallest absolute Gasteiger partial charge is 0.265 e. The standard InChI is InChI=1S/C7H4FN3O/c8-4-1-2-5-6(3-4)9-11-10-7(5)12/h1-3H,(H,9,10,12). The van der Waals surface area contributed by atoms with Crippen molar-refractivity contribution in [1.29, 1.82) is 0 Å². The van der Waals surface area contributed by atoms with Crippen molar-refractivity contribution in [2.45, 2.75) is 0 Å². The highest BCUT2D eigenvalue weighted by Crippen LogP contribution is 2.06. The van der Waals surface area contributed by atoms with E-state index in [9.17, 15) is 9.18 Å². The third-order valence-corrected chi connectivity index (χ3v) is 1.52. The molecule has 0 atom stereocenters. The molecule has 0 bridgehead atoms. The summed E-state index contributed by atoms with van der Waals surface area (Å²) in [6.45, 7) is 0. The second-order valence-electron chi connectivity index (χ2n) is 2.31. The molecule has 5 heteroatoms. The summed E-state index contributed by atoms with van der Waals surface area (Å²) in [4.78, 5) is 11.0. The second kappa shape index (κ2) is 2.37. The predicted octanol–water partition coefficient (Wildman–Crippen LogP) is 0.457. The molecule has 2 aromatic rings. The van der Waals surface area contributed by atoms with Crippen LogP contribution in [-0.4, -0.2) is 15.4 Å². The van der Waals surface area contributed by atoms with Gasteiger partial charge in [0, 0.05) is 0 Å². The predicted molar refractivity (Wildman–Crippen MR) is 40.1 cm³/mol. The van der Waals surface area contributed by atoms with Gasteiger partial charge >= 0.3 is 0 Å². The summed E-state index contributed by atoms with van der Waals surface area (Å²) >= 11 is 0. The fourth-order valence-electron chi connectivity index (χ4n) is 0.974. The zero-order valence-corrected chi connectivity index (χ0v) is 5.91. The molecule has 0 saturated carbocycles. The number of hydrogen-bond acceptors (Lipinski definition) is 3. The minimum Gasteiger partial charge on any atom is -0.265 e. The Morgan fingerprint density at radius 1 is 1.42 bits per heavy atom. The fourth-order valence-corrected chi connectivity index (χ4v) is 0.974. The molecule has 0 fully saturated rings. The summed E-state index contributed by atoms with van der Waals surface area (Å²) in [5.41, 5.74) is -0.0984. The first kappa shape index (κ1) is 6.90. The van der Waals surface area contributed by atoms with Crippen LogP contribution in [0.25, 0.3) is 10.9 Å². The normalized spacial score (nSPS) is 10.4. The van der Waals surface area contributed by atoms with E-state index >= 15 is 0 Å². The Labute approximate surface area is 66.0 Å². The molecule has 0 unspecified atom stereocenters. The Kier molecular flexibility index (Phi) is 1.36. The zero-order chi connectivity index (χ0) is 8.55. The molecule has 12 heavy (non-hydrogen) atoms. The van der Waals surface area contributed by atoms with Crippen molar-refractivity contribution in [2.75, 3.05) is 0 Å². The van der Waals surface area contributed by atoms with Gasteiger partial charge in [0.2, 0.25) is 0 Å². The van der Waals surface area contributed by atoms with E-state index in [2.05, 4.69) is 15.4 Å². The first-order valence-electron chi connectivity index (χ1n) is 3.28. The van der Waals surface area contributed by atoms with E-state index in [1.54, 1.807) is 0 Å². The quantitative estimate of drug-likeness (QED) is 0.616. The van der Waals surface area contributed by atoms with Gasteiger partial charge in [0.25, 0.3) is 5.56 Å². The Balaban J connectivity index is 2.96. The third-order valence-electron chi connectivity index (χ3n) is 1.52. The Morgan fingerprint density at radius 2 is 2.25 bits per heavy atom. The summed E-state index contributed by atoms with van der Waals surface area (Å²) in [5.74, 6) is -0.411. The number of hydrogen-bond donors (Lipinski definition) is 1. The van der Waals surface area contributed by atoms with Crippen LogP contribution in [0.1, 0.15) is 0 Å². The minimum absolute atomic E-state index is 0.339. The van der Waals surface area contributed by atoms with E-state index < -0.39 is 11.4 Å². The molecule has 0 amide bonds. The monoisotopic (exact) mass is 165 g/mol. The fraction of sp³-hybridized carbons (Fsp3) is 0. The number of rotatable bonds is 0. The number of nitrogens with one attached hydrogen (secondary N) is 1. The van der Waals surface area contributed by atoms with Crippen LogP contribution in [0.3, 0.4) is 0 Å². The van der Waals surface area contributed by atoms with Gasteiger partial charge in [0.15, 0.2) is 0 Å². The van der Waals surface area contributed by atoms with Gasteiger partial charge in [-0.2, -0.15) is 0 Å². The van der Waals surface area contributed by atoms with Crippen LogP contribution in [0.5, 0.6) is 0 Å². The molecule has 60 valence electrons.